The van der Waals surface area contributed by atoms with Gasteiger partial charge in [-0.25, -0.2) is 4.99 Å². The number of amides is 2. The van der Waals surface area contributed by atoms with E-state index in [4.69, 9.17) is 4.52 Å². The molecule has 3 aliphatic rings. The number of dihydropyridines is 1. The molecule has 7 nitrogen and oxygen atoms in total. The average Bonchev–Trinajstić information content (AvgIpc) is 3.35. The Balaban J connectivity index is 1.36. The van der Waals surface area contributed by atoms with Crippen LogP contribution in [0.4, 0.5) is 0 Å². The Hall–Kier alpha value is -2.31. The highest BCUT2D eigenvalue weighted by Gasteiger charge is 2.31. The number of carbonyl (C=O) groups is 2. The predicted molar refractivity (Wildman–Crippen MR) is 85.4 cm³/mol. The van der Waals surface area contributed by atoms with Crippen LogP contribution < -0.4 is 0 Å². The maximum absolute atomic E-state index is 12.6. The van der Waals surface area contributed by atoms with Gasteiger partial charge in [0.25, 0.3) is 5.91 Å². The van der Waals surface area contributed by atoms with E-state index in [1.807, 2.05) is 4.90 Å². The van der Waals surface area contributed by atoms with Crippen LogP contribution >= 0.6 is 0 Å². The molecule has 4 rings (SSSR count). The lowest BCUT2D eigenvalue weighted by Gasteiger charge is -2.33. The monoisotopic (exact) mass is 328 g/mol. The average molecular weight is 328 g/mol. The SMILES string of the molecule is O=C1C=CC(C(=O)N2CCCC(Cc3nc(C4CC4)no3)C2)C=N1. The van der Waals surface area contributed by atoms with Crippen molar-refractivity contribution in [1.29, 1.82) is 0 Å². The fraction of sp³-hybridized carbons (Fsp3) is 0.588. The molecule has 0 bridgehead atoms. The fourth-order valence-corrected chi connectivity index (χ4v) is 3.33. The summed E-state index contributed by atoms with van der Waals surface area (Å²) in [5.74, 6) is 1.62. The summed E-state index contributed by atoms with van der Waals surface area (Å²) in [6.45, 7) is 1.44. The number of aromatic nitrogens is 2. The summed E-state index contributed by atoms with van der Waals surface area (Å²) in [4.78, 5) is 33.7. The molecule has 1 aromatic heterocycles. The van der Waals surface area contributed by atoms with E-state index in [0.717, 1.165) is 44.5 Å². The largest absolute Gasteiger partial charge is 0.342 e. The molecule has 0 radical (unpaired) electrons. The number of likely N-dealkylation sites (tertiary alicyclic amines) is 1. The second kappa shape index (κ2) is 6.30. The molecule has 1 saturated carbocycles. The summed E-state index contributed by atoms with van der Waals surface area (Å²) in [6.07, 6.45) is 9.48. The van der Waals surface area contributed by atoms with Crippen molar-refractivity contribution < 1.29 is 14.1 Å². The number of rotatable bonds is 4. The lowest BCUT2D eigenvalue weighted by atomic mass is 9.93. The van der Waals surface area contributed by atoms with Crippen molar-refractivity contribution in [2.75, 3.05) is 13.1 Å². The van der Waals surface area contributed by atoms with Crippen molar-refractivity contribution in [3.63, 3.8) is 0 Å². The van der Waals surface area contributed by atoms with Crippen molar-refractivity contribution in [2.45, 2.75) is 38.0 Å². The van der Waals surface area contributed by atoms with Gasteiger partial charge in [-0.15, -0.1) is 0 Å². The smallest absolute Gasteiger partial charge is 0.269 e. The maximum Gasteiger partial charge on any atom is 0.269 e. The van der Waals surface area contributed by atoms with Crippen molar-refractivity contribution in [1.82, 2.24) is 15.0 Å². The van der Waals surface area contributed by atoms with Crippen LogP contribution in [0.5, 0.6) is 0 Å². The van der Waals surface area contributed by atoms with Crippen LogP contribution in [-0.2, 0) is 16.0 Å². The van der Waals surface area contributed by atoms with Crippen LogP contribution in [0.15, 0.2) is 21.7 Å². The van der Waals surface area contributed by atoms with Gasteiger partial charge in [0.05, 0.1) is 5.92 Å². The molecule has 126 valence electrons. The van der Waals surface area contributed by atoms with Gasteiger partial charge in [0.2, 0.25) is 11.8 Å². The molecule has 1 aliphatic carbocycles. The van der Waals surface area contributed by atoms with E-state index in [1.54, 1.807) is 6.08 Å². The Morgan fingerprint density at radius 3 is 2.96 bits per heavy atom. The van der Waals surface area contributed by atoms with E-state index < -0.39 is 5.92 Å². The Morgan fingerprint density at radius 1 is 1.33 bits per heavy atom. The summed E-state index contributed by atoms with van der Waals surface area (Å²) in [5.41, 5.74) is 0. The van der Waals surface area contributed by atoms with Gasteiger partial charge in [0, 0.05) is 37.7 Å². The third-order valence-corrected chi connectivity index (χ3v) is 4.81. The highest BCUT2D eigenvalue weighted by molar-refractivity contribution is 6.05. The molecule has 3 heterocycles. The van der Waals surface area contributed by atoms with Crippen LogP contribution in [-0.4, -0.2) is 46.2 Å². The van der Waals surface area contributed by atoms with Gasteiger partial charge in [0.15, 0.2) is 5.82 Å². The van der Waals surface area contributed by atoms with Crippen molar-refractivity contribution in [2.24, 2.45) is 16.8 Å². The van der Waals surface area contributed by atoms with Crippen molar-refractivity contribution in [3.05, 3.63) is 23.9 Å². The van der Waals surface area contributed by atoms with E-state index >= 15 is 0 Å². The first-order valence-corrected chi connectivity index (χ1v) is 8.56. The molecule has 2 fully saturated rings. The van der Waals surface area contributed by atoms with E-state index in [1.165, 1.54) is 12.3 Å². The zero-order chi connectivity index (χ0) is 16.5. The summed E-state index contributed by atoms with van der Waals surface area (Å²) in [5, 5.41) is 4.05. The van der Waals surface area contributed by atoms with Gasteiger partial charge >= 0.3 is 0 Å². The quantitative estimate of drug-likeness (QED) is 0.836. The molecule has 1 aromatic rings. The molecular weight excluding hydrogens is 308 g/mol. The molecule has 24 heavy (non-hydrogen) atoms. The molecule has 1 saturated heterocycles. The Bertz CT molecular complexity index is 688. The normalized spacial score (nSPS) is 26.8. The van der Waals surface area contributed by atoms with Gasteiger partial charge in [0.1, 0.15) is 0 Å². The highest BCUT2D eigenvalue weighted by atomic mass is 16.5. The van der Waals surface area contributed by atoms with Crippen LogP contribution in [0.2, 0.25) is 0 Å². The molecule has 2 unspecified atom stereocenters. The van der Waals surface area contributed by atoms with Crippen molar-refractivity contribution >= 4 is 18.0 Å². The summed E-state index contributed by atoms with van der Waals surface area (Å²) in [7, 11) is 0. The number of nitrogens with zero attached hydrogens (tertiary/aromatic N) is 4. The summed E-state index contributed by atoms with van der Waals surface area (Å²) >= 11 is 0. The first-order valence-electron chi connectivity index (χ1n) is 8.56. The number of carbonyl (C=O) groups excluding carboxylic acids is 2. The minimum atomic E-state index is -0.425. The fourth-order valence-electron chi connectivity index (χ4n) is 3.33. The first kappa shape index (κ1) is 15.2. The van der Waals surface area contributed by atoms with E-state index in [-0.39, 0.29) is 11.8 Å². The Labute approximate surface area is 139 Å². The predicted octanol–water partition coefficient (Wildman–Crippen LogP) is 1.51. The Morgan fingerprint density at radius 2 is 2.21 bits per heavy atom. The lowest BCUT2D eigenvalue weighted by molar-refractivity contribution is -0.133. The van der Waals surface area contributed by atoms with Gasteiger partial charge in [-0.1, -0.05) is 11.2 Å². The standard InChI is InChI=1S/C17H20N4O3/c22-14-6-5-13(9-18-14)17(23)21-7-1-2-11(10-21)8-15-19-16(20-24-15)12-3-4-12/h5-6,9,11-13H,1-4,7-8,10H2. The van der Waals surface area contributed by atoms with Gasteiger partial charge in [-0.2, -0.15) is 4.98 Å². The molecule has 2 atom stereocenters. The molecular formula is C17H20N4O3. The van der Waals surface area contributed by atoms with Crippen molar-refractivity contribution in [3.8, 4) is 0 Å². The molecule has 0 spiro atoms. The molecule has 2 aliphatic heterocycles. The third-order valence-electron chi connectivity index (χ3n) is 4.81. The van der Waals surface area contributed by atoms with Gasteiger partial charge < -0.3 is 9.42 Å². The Kier molecular flexibility index (Phi) is 4.00. The minimum Gasteiger partial charge on any atom is -0.342 e. The molecule has 0 aromatic carbocycles. The molecule has 7 heteroatoms. The number of hydrogen-bond donors (Lipinski definition) is 0. The zero-order valence-corrected chi connectivity index (χ0v) is 13.4. The van der Waals surface area contributed by atoms with Crippen LogP contribution in [0, 0.1) is 11.8 Å². The number of hydrogen-bond acceptors (Lipinski definition) is 5. The lowest BCUT2D eigenvalue weighted by Crippen LogP contribution is -2.43. The van der Waals surface area contributed by atoms with E-state index in [2.05, 4.69) is 15.1 Å². The molecule has 0 N–H and O–H groups in total. The second-order valence-electron chi connectivity index (χ2n) is 6.82. The second-order valence-corrected chi connectivity index (χ2v) is 6.82. The van der Waals surface area contributed by atoms with E-state index in [0.29, 0.717) is 24.3 Å². The summed E-state index contributed by atoms with van der Waals surface area (Å²) in [6, 6.07) is 0. The number of piperidine rings is 1. The highest BCUT2D eigenvalue weighted by Crippen LogP contribution is 2.38. The first-order chi connectivity index (χ1) is 11.7. The zero-order valence-electron chi connectivity index (χ0n) is 13.4. The van der Waals surface area contributed by atoms with Gasteiger partial charge in [-0.05, 0) is 31.6 Å². The van der Waals surface area contributed by atoms with Crippen LogP contribution in [0.3, 0.4) is 0 Å². The third kappa shape index (κ3) is 3.29. The summed E-state index contributed by atoms with van der Waals surface area (Å²) < 4.78 is 5.36. The maximum atomic E-state index is 12.6. The van der Waals surface area contributed by atoms with Crippen LogP contribution in [0.25, 0.3) is 0 Å². The molecule has 2 amide bonds. The number of aliphatic imine (C=N–C) groups is 1. The van der Waals surface area contributed by atoms with E-state index in [9.17, 15) is 9.59 Å². The van der Waals surface area contributed by atoms with Gasteiger partial charge in [-0.3, -0.25) is 9.59 Å². The van der Waals surface area contributed by atoms with Crippen LogP contribution in [0.1, 0.15) is 43.3 Å². The minimum absolute atomic E-state index is 0.0106. The topological polar surface area (TPSA) is 88.7 Å².